The third-order valence-corrected chi connectivity index (χ3v) is 4.88. The minimum Gasteiger partial charge on any atom is -0.274 e. The lowest BCUT2D eigenvalue weighted by atomic mass is 10.2. The lowest BCUT2D eigenvalue weighted by Crippen LogP contribution is -2.16. The summed E-state index contributed by atoms with van der Waals surface area (Å²) in [5.41, 5.74) is 1.01. The smallest absolute Gasteiger partial charge is 0.262 e. The zero-order valence-electron chi connectivity index (χ0n) is 12.0. The summed E-state index contributed by atoms with van der Waals surface area (Å²) in [7, 11) is -3.82. The van der Waals surface area contributed by atoms with Crippen molar-refractivity contribution in [2.45, 2.75) is 11.8 Å². The van der Waals surface area contributed by atoms with E-state index in [-0.39, 0.29) is 10.6 Å². The zero-order chi connectivity index (χ0) is 16.4. The van der Waals surface area contributed by atoms with Gasteiger partial charge in [-0.05, 0) is 30.7 Å². The summed E-state index contributed by atoms with van der Waals surface area (Å²) in [4.78, 5) is 7.99. The largest absolute Gasteiger partial charge is 0.274 e. The maximum atomic E-state index is 12.5. The van der Waals surface area contributed by atoms with Gasteiger partial charge in [-0.3, -0.25) is 4.72 Å². The predicted octanol–water partition coefficient (Wildman–Crippen LogP) is 2.42. The van der Waals surface area contributed by atoms with Gasteiger partial charge in [0, 0.05) is 17.4 Å². The SMILES string of the molecule is Cc1ccc(S(=O)(=O)Nc2cncnc2-n2cccn2)cc1Cl. The Morgan fingerprint density at radius 2 is 2.13 bits per heavy atom. The van der Waals surface area contributed by atoms with Gasteiger partial charge in [-0.2, -0.15) is 5.10 Å². The van der Waals surface area contributed by atoms with Crippen LogP contribution in [-0.2, 0) is 10.0 Å². The fourth-order valence-electron chi connectivity index (χ4n) is 1.92. The van der Waals surface area contributed by atoms with E-state index in [2.05, 4.69) is 19.8 Å². The van der Waals surface area contributed by atoms with E-state index in [1.807, 2.05) is 0 Å². The molecule has 23 heavy (non-hydrogen) atoms. The number of sulfonamides is 1. The van der Waals surface area contributed by atoms with E-state index in [1.165, 1.54) is 29.3 Å². The van der Waals surface area contributed by atoms with Crippen molar-refractivity contribution in [2.75, 3.05) is 4.72 Å². The molecule has 7 nitrogen and oxygen atoms in total. The first-order valence-electron chi connectivity index (χ1n) is 6.56. The van der Waals surface area contributed by atoms with Crippen LogP contribution in [0.4, 0.5) is 5.69 Å². The molecule has 0 saturated heterocycles. The quantitative estimate of drug-likeness (QED) is 0.781. The lowest BCUT2D eigenvalue weighted by Gasteiger charge is -2.11. The first-order chi connectivity index (χ1) is 11.0. The van der Waals surface area contributed by atoms with Crippen LogP contribution in [0.15, 0.2) is 54.1 Å². The Kier molecular flexibility index (Phi) is 4.01. The standard InChI is InChI=1S/C14H12ClN5O2S/c1-10-3-4-11(7-12(10)15)23(21,22)19-13-8-16-9-17-14(13)20-6-2-5-18-20/h2-9,19H,1H3. The monoisotopic (exact) mass is 349 g/mol. The van der Waals surface area contributed by atoms with Gasteiger partial charge in [0.15, 0.2) is 5.82 Å². The molecule has 2 heterocycles. The van der Waals surface area contributed by atoms with Gasteiger partial charge in [-0.15, -0.1) is 0 Å². The van der Waals surface area contributed by atoms with Crippen molar-refractivity contribution in [1.29, 1.82) is 0 Å². The molecule has 0 spiro atoms. The Labute approximate surface area is 138 Å². The molecule has 9 heteroatoms. The van der Waals surface area contributed by atoms with Crippen LogP contribution in [0, 0.1) is 6.92 Å². The summed E-state index contributed by atoms with van der Waals surface area (Å²) >= 11 is 6.00. The van der Waals surface area contributed by atoms with Crippen LogP contribution < -0.4 is 4.72 Å². The van der Waals surface area contributed by atoms with E-state index in [1.54, 1.807) is 31.5 Å². The predicted molar refractivity (Wildman–Crippen MR) is 86.2 cm³/mol. The summed E-state index contributed by atoms with van der Waals surface area (Å²) in [6.07, 6.45) is 5.91. The van der Waals surface area contributed by atoms with E-state index in [4.69, 9.17) is 11.6 Å². The molecule has 0 amide bonds. The Morgan fingerprint density at radius 3 is 2.83 bits per heavy atom. The van der Waals surface area contributed by atoms with Gasteiger partial charge in [0.1, 0.15) is 12.0 Å². The van der Waals surface area contributed by atoms with Gasteiger partial charge in [0.25, 0.3) is 10.0 Å². The molecule has 0 fully saturated rings. The summed E-state index contributed by atoms with van der Waals surface area (Å²) in [6.45, 7) is 1.80. The van der Waals surface area contributed by atoms with Gasteiger partial charge < -0.3 is 0 Å². The number of nitrogens with zero attached hydrogens (tertiary/aromatic N) is 4. The maximum absolute atomic E-state index is 12.5. The van der Waals surface area contributed by atoms with Crippen LogP contribution in [0.25, 0.3) is 5.82 Å². The summed E-state index contributed by atoms with van der Waals surface area (Å²) in [6, 6.07) is 6.24. The first kappa shape index (κ1) is 15.4. The van der Waals surface area contributed by atoms with E-state index >= 15 is 0 Å². The molecule has 0 aliphatic carbocycles. The molecule has 1 aromatic carbocycles. The van der Waals surface area contributed by atoms with Gasteiger partial charge in [-0.1, -0.05) is 17.7 Å². The van der Waals surface area contributed by atoms with Gasteiger partial charge in [0.2, 0.25) is 0 Å². The molecule has 0 radical (unpaired) electrons. The van der Waals surface area contributed by atoms with Crippen molar-refractivity contribution in [3.8, 4) is 5.82 Å². The highest BCUT2D eigenvalue weighted by molar-refractivity contribution is 7.92. The molecule has 2 aromatic heterocycles. The first-order valence-corrected chi connectivity index (χ1v) is 8.42. The minimum atomic E-state index is -3.82. The lowest BCUT2D eigenvalue weighted by molar-refractivity contribution is 0.601. The van der Waals surface area contributed by atoms with Crippen molar-refractivity contribution in [3.05, 3.63) is 59.8 Å². The number of halogens is 1. The number of hydrogen-bond donors (Lipinski definition) is 1. The summed E-state index contributed by atoms with van der Waals surface area (Å²) < 4.78 is 29.0. The van der Waals surface area contributed by atoms with Gasteiger partial charge >= 0.3 is 0 Å². The Balaban J connectivity index is 2.00. The molecule has 0 aliphatic rings. The number of benzene rings is 1. The number of nitrogens with one attached hydrogen (secondary N) is 1. The third-order valence-electron chi connectivity index (χ3n) is 3.11. The molecule has 1 N–H and O–H groups in total. The molecule has 0 aliphatic heterocycles. The molecule has 3 rings (SSSR count). The van der Waals surface area contributed by atoms with Crippen molar-refractivity contribution < 1.29 is 8.42 Å². The van der Waals surface area contributed by atoms with Gasteiger partial charge in [-0.25, -0.2) is 23.1 Å². The second-order valence-corrected chi connectivity index (χ2v) is 6.82. The van der Waals surface area contributed by atoms with E-state index < -0.39 is 10.0 Å². The van der Waals surface area contributed by atoms with Crippen LogP contribution in [0.5, 0.6) is 0 Å². The Morgan fingerprint density at radius 1 is 1.30 bits per heavy atom. The van der Waals surface area contributed by atoms with E-state index in [0.29, 0.717) is 10.8 Å². The second kappa shape index (κ2) is 5.98. The van der Waals surface area contributed by atoms with Crippen LogP contribution in [0.3, 0.4) is 0 Å². The molecule has 0 atom stereocenters. The van der Waals surface area contributed by atoms with Crippen molar-refractivity contribution >= 4 is 27.3 Å². The molecular formula is C14H12ClN5O2S. The average molecular weight is 350 g/mol. The summed E-state index contributed by atoms with van der Waals surface area (Å²) in [5.74, 6) is 0.326. The molecule has 0 unspecified atom stereocenters. The highest BCUT2D eigenvalue weighted by Gasteiger charge is 2.18. The number of hydrogen-bond acceptors (Lipinski definition) is 5. The topological polar surface area (TPSA) is 89.8 Å². The van der Waals surface area contributed by atoms with Crippen LogP contribution in [-0.4, -0.2) is 28.2 Å². The van der Waals surface area contributed by atoms with Crippen LogP contribution in [0.1, 0.15) is 5.56 Å². The number of aryl methyl sites for hydroxylation is 1. The fourth-order valence-corrected chi connectivity index (χ4v) is 3.23. The summed E-state index contributed by atoms with van der Waals surface area (Å²) in [5, 5.41) is 4.43. The van der Waals surface area contributed by atoms with Gasteiger partial charge in [0.05, 0.1) is 11.1 Å². The van der Waals surface area contributed by atoms with Crippen molar-refractivity contribution in [2.24, 2.45) is 0 Å². The molecule has 0 saturated carbocycles. The Hall–Kier alpha value is -2.45. The average Bonchev–Trinajstić information content (AvgIpc) is 3.04. The van der Waals surface area contributed by atoms with E-state index in [9.17, 15) is 8.42 Å². The number of anilines is 1. The van der Waals surface area contributed by atoms with Crippen LogP contribution in [0.2, 0.25) is 5.02 Å². The fraction of sp³-hybridized carbons (Fsp3) is 0.0714. The number of aromatic nitrogens is 4. The van der Waals surface area contributed by atoms with E-state index in [0.717, 1.165) is 5.56 Å². The second-order valence-electron chi connectivity index (χ2n) is 4.73. The Bertz CT molecular complexity index is 942. The highest BCUT2D eigenvalue weighted by atomic mass is 35.5. The van der Waals surface area contributed by atoms with Crippen molar-refractivity contribution in [1.82, 2.24) is 19.7 Å². The zero-order valence-corrected chi connectivity index (χ0v) is 13.6. The third kappa shape index (κ3) is 3.17. The molecule has 0 bridgehead atoms. The maximum Gasteiger partial charge on any atom is 0.262 e. The molecule has 3 aromatic rings. The number of rotatable bonds is 4. The minimum absolute atomic E-state index is 0.0587. The molecular weight excluding hydrogens is 338 g/mol. The van der Waals surface area contributed by atoms with Crippen molar-refractivity contribution in [3.63, 3.8) is 0 Å². The van der Waals surface area contributed by atoms with Crippen LogP contribution >= 0.6 is 11.6 Å². The highest BCUT2D eigenvalue weighted by Crippen LogP contribution is 2.23. The normalized spacial score (nSPS) is 11.4. The molecule has 118 valence electrons.